The lowest BCUT2D eigenvalue weighted by atomic mass is 10.3. The molecule has 0 aliphatic carbocycles. The van der Waals surface area contributed by atoms with Gasteiger partial charge < -0.3 is 5.32 Å². The highest BCUT2D eigenvalue weighted by atomic mass is 32.2. The topological polar surface area (TPSA) is 62.3 Å². The third kappa shape index (κ3) is 4.24. The number of rotatable bonds is 5. The average molecular weight is 303 g/mol. The first-order chi connectivity index (χ1) is 8.97. The summed E-state index contributed by atoms with van der Waals surface area (Å²) < 4.78 is 23.7. The molecule has 1 saturated heterocycles. The van der Waals surface area contributed by atoms with Crippen molar-refractivity contribution >= 4 is 21.2 Å². The van der Waals surface area contributed by atoms with Gasteiger partial charge in [-0.15, -0.1) is 11.3 Å². The van der Waals surface area contributed by atoms with Crippen LogP contribution in [0.3, 0.4) is 0 Å². The summed E-state index contributed by atoms with van der Waals surface area (Å²) in [6.45, 7) is 8.42. The smallest absolute Gasteiger partial charge is 0.159 e. The third-order valence-corrected chi connectivity index (χ3v) is 6.51. The van der Waals surface area contributed by atoms with Crippen molar-refractivity contribution in [3.63, 3.8) is 0 Å². The molecule has 2 heterocycles. The van der Waals surface area contributed by atoms with Gasteiger partial charge in [0.25, 0.3) is 0 Å². The van der Waals surface area contributed by atoms with E-state index >= 15 is 0 Å². The maximum atomic E-state index is 11.8. The lowest BCUT2D eigenvalue weighted by molar-refractivity contribution is 0.235. The second kappa shape index (κ2) is 6.30. The van der Waals surface area contributed by atoms with Crippen LogP contribution in [0, 0.1) is 0 Å². The number of nitrogens with zero attached hydrogens (tertiary/aromatic N) is 2. The van der Waals surface area contributed by atoms with Crippen LogP contribution in [0.25, 0.3) is 0 Å². The average Bonchev–Trinajstić information content (AvgIpc) is 2.77. The van der Waals surface area contributed by atoms with E-state index in [0.717, 1.165) is 37.6 Å². The van der Waals surface area contributed by atoms with Crippen LogP contribution in [0.15, 0.2) is 6.20 Å². The van der Waals surface area contributed by atoms with Crippen molar-refractivity contribution in [1.29, 1.82) is 0 Å². The highest BCUT2D eigenvalue weighted by Crippen LogP contribution is 2.19. The second-order valence-electron chi connectivity index (χ2n) is 5.10. The van der Waals surface area contributed by atoms with Gasteiger partial charge in [-0.2, -0.15) is 0 Å². The summed E-state index contributed by atoms with van der Waals surface area (Å²) in [5.41, 5.74) is 0. The molecule has 1 N–H and O–H groups in total. The zero-order valence-electron chi connectivity index (χ0n) is 11.4. The van der Waals surface area contributed by atoms with Gasteiger partial charge in [0.1, 0.15) is 10.8 Å². The summed E-state index contributed by atoms with van der Waals surface area (Å²) in [7, 11) is -3.05. The molecule has 19 heavy (non-hydrogen) atoms. The predicted molar refractivity (Wildman–Crippen MR) is 78.0 cm³/mol. The summed E-state index contributed by atoms with van der Waals surface area (Å²) >= 11 is 1.52. The SMILES string of the molecule is CC(C)S(=O)(=O)Cc1ncc(CN2CCNCC2)s1. The van der Waals surface area contributed by atoms with E-state index in [2.05, 4.69) is 15.2 Å². The Bertz CT molecular complexity index is 505. The van der Waals surface area contributed by atoms with E-state index in [1.165, 1.54) is 11.3 Å². The Labute approximate surface area is 119 Å². The monoisotopic (exact) mass is 303 g/mol. The lowest BCUT2D eigenvalue weighted by Crippen LogP contribution is -2.42. The van der Waals surface area contributed by atoms with Gasteiger partial charge >= 0.3 is 0 Å². The highest BCUT2D eigenvalue weighted by molar-refractivity contribution is 7.91. The molecule has 0 amide bonds. The van der Waals surface area contributed by atoms with E-state index in [9.17, 15) is 8.42 Å². The second-order valence-corrected chi connectivity index (χ2v) is 8.86. The Hall–Kier alpha value is -0.500. The predicted octanol–water partition coefficient (Wildman–Crippen LogP) is 0.871. The fourth-order valence-electron chi connectivity index (χ4n) is 1.92. The summed E-state index contributed by atoms with van der Waals surface area (Å²) in [5.74, 6) is 0.0664. The van der Waals surface area contributed by atoms with E-state index in [4.69, 9.17) is 0 Å². The van der Waals surface area contributed by atoms with Crippen molar-refractivity contribution < 1.29 is 8.42 Å². The Balaban J connectivity index is 1.95. The lowest BCUT2D eigenvalue weighted by Gasteiger charge is -2.26. The largest absolute Gasteiger partial charge is 0.314 e. The Morgan fingerprint density at radius 2 is 2.11 bits per heavy atom. The van der Waals surface area contributed by atoms with Gasteiger partial charge in [-0.25, -0.2) is 13.4 Å². The van der Waals surface area contributed by atoms with Crippen LogP contribution in [0.4, 0.5) is 0 Å². The van der Waals surface area contributed by atoms with E-state index in [1.807, 2.05) is 6.20 Å². The molecule has 0 spiro atoms. The molecule has 1 aromatic heterocycles. The van der Waals surface area contributed by atoms with Crippen LogP contribution >= 0.6 is 11.3 Å². The van der Waals surface area contributed by atoms with Crippen LogP contribution in [-0.4, -0.2) is 49.7 Å². The Morgan fingerprint density at radius 3 is 2.74 bits per heavy atom. The highest BCUT2D eigenvalue weighted by Gasteiger charge is 2.19. The fraction of sp³-hybridized carbons (Fsp3) is 0.750. The first-order valence-electron chi connectivity index (χ1n) is 6.55. The molecule has 108 valence electrons. The number of sulfone groups is 1. The summed E-state index contributed by atoms with van der Waals surface area (Å²) in [6.07, 6.45) is 1.82. The Kier molecular flexibility index (Phi) is 4.94. The van der Waals surface area contributed by atoms with Crippen molar-refractivity contribution in [2.24, 2.45) is 0 Å². The molecule has 1 aromatic rings. The molecule has 7 heteroatoms. The van der Waals surface area contributed by atoms with Gasteiger partial charge in [0.05, 0.1) is 5.25 Å². The number of piperazine rings is 1. The van der Waals surface area contributed by atoms with E-state index in [-0.39, 0.29) is 11.0 Å². The number of hydrogen-bond donors (Lipinski definition) is 1. The normalized spacial score (nSPS) is 18.1. The van der Waals surface area contributed by atoms with Crippen molar-refractivity contribution in [3.05, 3.63) is 16.1 Å². The molecule has 0 atom stereocenters. The summed E-state index contributed by atoms with van der Waals surface area (Å²) in [5, 5.41) is 3.68. The first kappa shape index (κ1) is 14.9. The minimum absolute atomic E-state index is 0.0664. The van der Waals surface area contributed by atoms with Crippen molar-refractivity contribution in [2.75, 3.05) is 26.2 Å². The van der Waals surface area contributed by atoms with E-state index in [0.29, 0.717) is 5.01 Å². The molecule has 2 rings (SSSR count). The van der Waals surface area contributed by atoms with E-state index < -0.39 is 9.84 Å². The fourth-order valence-corrected chi connectivity index (χ4v) is 4.16. The molecule has 1 aliphatic rings. The molecular weight excluding hydrogens is 282 g/mol. The zero-order chi connectivity index (χ0) is 13.9. The van der Waals surface area contributed by atoms with Crippen LogP contribution in [-0.2, 0) is 22.1 Å². The Morgan fingerprint density at radius 1 is 1.42 bits per heavy atom. The standard InChI is InChI=1S/C12H21N3O2S2/c1-10(2)19(16,17)9-12-14-7-11(18-12)8-15-5-3-13-4-6-15/h7,10,13H,3-6,8-9H2,1-2H3. The molecule has 0 unspecified atom stereocenters. The molecule has 1 fully saturated rings. The minimum Gasteiger partial charge on any atom is -0.314 e. The van der Waals surface area contributed by atoms with Gasteiger partial charge in [0, 0.05) is 43.8 Å². The molecule has 0 bridgehead atoms. The number of nitrogens with one attached hydrogen (secondary N) is 1. The zero-order valence-corrected chi connectivity index (χ0v) is 13.1. The van der Waals surface area contributed by atoms with Gasteiger partial charge in [0.2, 0.25) is 0 Å². The van der Waals surface area contributed by atoms with Crippen LogP contribution < -0.4 is 5.32 Å². The quantitative estimate of drug-likeness (QED) is 0.874. The summed E-state index contributed by atoms with van der Waals surface area (Å²) in [6, 6.07) is 0. The van der Waals surface area contributed by atoms with Crippen LogP contribution in [0.5, 0.6) is 0 Å². The van der Waals surface area contributed by atoms with Crippen molar-refractivity contribution in [3.8, 4) is 0 Å². The van der Waals surface area contributed by atoms with Crippen LogP contribution in [0.1, 0.15) is 23.7 Å². The van der Waals surface area contributed by atoms with Gasteiger partial charge in [-0.1, -0.05) is 0 Å². The van der Waals surface area contributed by atoms with Crippen molar-refractivity contribution in [2.45, 2.75) is 31.4 Å². The number of aromatic nitrogens is 1. The number of hydrogen-bond acceptors (Lipinski definition) is 6. The molecule has 0 aromatic carbocycles. The van der Waals surface area contributed by atoms with Gasteiger partial charge in [-0.05, 0) is 13.8 Å². The molecule has 1 aliphatic heterocycles. The molecule has 5 nitrogen and oxygen atoms in total. The number of thiazole rings is 1. The summed E-state index contributed by atoms with van der Waals surface area (Å²) in [4.78, 5) is 7.76. The maximum Gasteiger partial charge on any atom is 0.159 e. The first-order valence-corrected chi connectivity index (χ1v) is 9.09. The molecular formula is C12H21N3O2S2. The third-order valence-electron chi connectivity index (χ3n) is 3.23. The van der Waals surface area contributed by atoms with Crippen molar-refractivity contribution in [1.82, 2.24) is 15.2 Å². The molecule has 0 saturated carbocycles. The van der Waals surface area contributed by atoms with E-state index in [1.54, 1.807) is 13.8 Å². The van der Waals surface area contributed by atoms with Gasteiger partial charge in [0.15, 0.2) is 9.84 Å². The van der Waals surface area contributed by atoms with Crippen LogP contribution in [0.2, 0.25) is 0 Å². The molecule has 0 radical (unpaired) electrons. The minimum atomic E-state index is -3.05. The maximum absolute atomic E-state index is 11.8. The van der Waals surface area contributed by atoms with Gasteiger partial charge in [-0.3, -0.25) is 4.90 Å².